The number of aliphatic carboxylic acids is 1. The number of benzene rings is 2. The van der Waals surface area contributed by atoms with E-state index >= 15 is 0 Å². The van der Waals surface area contributed by atoms with Crippen LogP contribution in [0.25, 0.3) is 0 Å². The highest BCUT2D eigenvalue weighted by Gasteiger charge is 2.45. The molecule has 7 nitrogen and oxygen atoms in total. The number of carbonyl (C=O) groups excluding carboxylic acids is 3. The Morgan fingerprint density at radius 1 is 0.971 bits per heavy atom. The predicted molar refractivity (Wildman–Crippen MR) is 114 cm³/mol. The normalized spacial score (nSPS) is 15.4. The van der Waals surface area contributed by atoms with Gasteiger partial charge in [0.25, 0.3) is 0 Å². The second-order valence-electron chi connectivity index (χ2n) is 8.67. The summed E-state index contributed by atoms with van der Waals surface area (Å²) in [7, 11) is 0. The number of carbonyl (C=O) groups is 3. The van der Waals surface area contributed by atoms with E-state index in [9.17, 15) is 28.3 Å². The number of hydrogen-bond donors (Lipinski definition) is 0. The molecule has 0 aromatic heterocycles. The van der Waals surface area contributed by atoms with Crippen molar-refractivity contribution in [2.45, 2.75) is 57.2 Å². The molecule has 9 heteroatoms. The van der Waals surface area contributed by atoms with Crippen LogP contribution in [0.15, 0.2) is 54.6 Å². The summed E-state index contributed by atoms with van der Waals surface area (Å²) in [6.07, 6.45) is 0.824. The van der Waals surface area contributed by atoms with Crippen molar-refractivity contribution in [3.8, 4) is 5.75 Å². The van der Waals surface area contributed by atoms with Crippen molar-refractivity contribution in [2.24, 2.45) is 5.92 Å². The van der Waals surface area contributed by atoms with Crippen molar-refractivity contribution >= 4 is 18.1 Å². The molecule has 3 rings (SSSR count). The van der Waals surface area contributed by atoms with Crippen LogP contribution in [-0.4, -0.2) is 29.6 Å². The third-order valence-electron chi connectivity index (χ3n) is 5.90. The van der Waals surface area contributed by atoms with Gasteiger partial charge in [0.2, 0.25) is 0 Å². The zero-order chi connectivity index (χ0) is 24.9. The molecule has 34 heavy (non-hydrogen) atoms. The van der Waals surface area contributed by atoms with E-state index in [2.05, 4.69) is 0 Å². The van der Waals surface area contributed by atoms with Gasteiger partial charge in [-0.15, -0.1) is 0 Å². The number of carboxylic acids is 1. The number of esters is 1. The van der Waals surface area contributed by atoms with Gasteiger partial charge in [0.1, 0.15) is 17.3 Å². The van der Waals surface area contributed by atoms with Gasteiger partial charge in [-0.05, 0) is 62.4 Å². The summed E-state index contributed by atoms with van der Waals surface area (Å²) in [4.78, 5) is 35.6. The molecule has 0 bridgehead atoms. The molecule has 1 aliphatic carbocycles. The molecule has 182 valence electrons. The van der Waals surface area contributed by atoms with Gasteiger partial charge in [0.05, 0.1) is 5.56 Å². The smallest absolute Gasteiger partial charge is 0.514 e. The zero-order valence-electron chi connectivity index (χ0n) is 18.8. The Morgan fingerprint density at radius 2 is 1.56 bits per heavy atom. The van der Waals surface area contributed by atoms with Gasteiger partial charge in [-0.2, -0.15) is 8.78 Å². The molecule has 0 N–H and O–H groups in total. The second-order valence-corrected chi connectivity index (χ2v) is 8.67. The molecule has 1 saturated carbocycles. The quantitative estimate of drug-likeness (QED) is 0.410. The summed E-state index contributed by atoms with van der Waals surface area (Å²) in [6.45, 7) is 3.66. The van der Waals surface area contributed by atoms with Crippen molar-refractivity contribution in [1.82, 2.24) is 0 Å². The van der Waals surface area contributed by atoms with Crippen molar-refractivity contribution < 1.29 is 42.5 Å². The average Bonchev–Trinajstić information content (AvgIpc) is 3.34. The zero-order valence-corrected chi connectivity index (χ0v) is 18.8. The van der Waals surface area contributed by atoms with Crippen molar-refractivity contribution in [3.05, 3.63) is 65.7 Å². The first-order chi connectivity index (χ1) is 16.0. The van der Waals surface area contributed by atoms with Gasteiger partial charge in [0, 0.05) is 0 Å². The highest BCUT2D eigenvalue weighted by Crippen LogP contribution is 2.37. The van der Waals surface area contributed by atoms with Crippen LogP contribution in [0.2, 0.25) is 0 Å². The van der Waals surface area contributed by atoms with Crippen LogP contribution in [0.5, 0.6) is 5.75 Å². The van der Waals surface area contributed by atoms with E-state index in [0.717, 1.165) is 25.7 Å². The topological polar surface area (TPSA) is 102 Å². The third-order valence-corrected chi connectivity index (χ3v) is 5.90. The Morgan fingerprint density at radius 3 is 2.12 bits per heavy atom. The summed E-state index contributed by atoms with van der Waals surface area (Å²) >= 11 is 0. The van der Waals surface area contributed by atoms with Gasteiger partial charge >= 0.3 is 18.0 Å². The number of rotatable bonds is 8. The Labute approximate surface area is 195 Å². The van der Waals surface area contributed by atoms with E-state index in [-0.39, 0.29) is 22.8 Å². The van der Waals surface area contributed by atoms with E-state index in [1.54, 1.807) is 0 Å². The lowest BCUT2D eigenvalue weighted by atomic mass is 9.89. The predicted octanol–water partition coefficient (Wildman–Crippen LogP) is 4.45. The third kappa shape index (κ3) is 5.89. The highest BCUT2D eigenvalue weighted by molar-refractivity contribution is 5.90. The molecule has 1 atom stereocenters. The Balaban J connectivity index is 1.66. The minimum atomic E-state index is -4.46. The molecule has 0 spiro atoms. The Kier molecular flexibility index (Phi) is 7.54. The molecule has 0 saturated heterocycles. The molecule has 0 radical (unpaired) electrons. The van der Waals surface area contributed by atoms with E-state index in [1.807, 2.05) is 13.8 Å². The number of halogens is 2. The maximum absolute atomic E-state index is 14.2. The molecule has 2 aromatic rings. The fourth-order valence-corrected chi connectivity index (χ4v) is 3.96. The summed E-state index contributed by atoms with van der Waals surface area (Å²) in [5.41, 5.74) is -1.05. The van der Waals surface area contributed by atoms with E-state index in [0.29, 0.717) is 0 Å². The average molecular weight is 475 g/mol. The van der Waals surface area contributed by atoms with Crippen LogP contribution in [0.1, 0.15) is 61.6 Å². The standard InChI is InChI=1S/C25H26F2O7/c1-24(2,18-10-6-7-11-18)34-23(31)32-19-14-12-17(13-15-19)21(28)33-20(25(26,27)22(29)30)16-8-4-3-5-9-16/h3-5,8-9,12-15,18,20H,6-7,10-11H2,1-2H3,(H,29,30)/p-1. The number of hydrogen-bond acceptors (Lipinski definition) is 7. The second kappa shape index (κ2) is 10.2. The number of alkyl halides is 2. The first kappa shape index (κ1) is 25.1. The number of carboxylic acid groups (broad SMARTS) is 1. The molecular formula is C25H25F2O7-. The fraction of sp³-hybridized carbons (Fsp3) is 0.400. The van der Waals surface area contributed by atoms with Crippen LogP contribution in [0.4, 0.5) is 13.6 Å². The van der Waals surface area contributed by atoms with E-state index in [1.165, 1.54) is 54.6 Å². The van der Waals surface area contributed by atoms with E-state index in [4.69, 9.17) is 14.2 Å². The van der Waals surface area contributed by atoms with Crippen LogP contribution in [0.3, 0.4) is 0 Å². The minimum absolute atomic E-state index is 0.0726. The number of ether oxygens (including phenoxy) is 3. The minimum Gasteiger partial charge on any atom is -0.544 e. The summed E-state index contributed by atoms with van der Waals surface area (Å²) in [5.74, 6) is -8.00. The lowest BCUT2D eigenvalue weighted by molar-refractivity contribution is -0.336. The first-order valence-electron chi connectivity index (χ1n) is 10.9. The summed E-state index contributed by atoms with van der Waals surface area (Å²) in [6, 6.07) is 11.7. The Hall–Kier alpha value is -3.49. The molecule has 0 amide bonds. The van der Waals surface area contributed by atoms with Gasteiger partial charge in [-0.1, -0.05) is 43.2 Å². The summed E-state index contributed by atoms with van der Waals surface area (Å²) < 4.78 is 43.9. The maximum atomic E-state index is 14.2. The molecule has 0 heterocycles. The molecule has 1 fully saturated rings. The lowest BCUT2D eigenvalue weighted by Crippen LogP contribution is -2.47. The highest BCUT2D eigenvalue weighted by atomic mass is 19.3. The van der Waals surface area contributed by atoms with Crippen LogP contribution in [0, 0.1) is 5.92 Å². The molecule has 1 unspecified atom stereocenters. The van der Waals surface area contributed by atoms with E-state index < -0.39 is 35.7 Å². The molecule has 2 aromatic carbocycles. The van der Waals surface area contributed by atoms with Crippen LogP contribution >= 0.6 is 0 Å². The SMILES string of the molecule is CC(C)(OC(=O)Oc1ccc(C(=O)OC(c2ccccc2)C(F)(F)C(=O)[O-])cc1)C1CCCC1. The van der Waals surface area contributed by atoms with Crippen molar-refractivity contribution in [3.63, 3.8) is 0 Å². The van der Waals surface area contributed by atoms with Crippen LogP contribution < -0.4 is 9.84 Å². The van der Waals surface area contributed by atoms with Gasteiger partial charge in [-0.25, -0.2) is 9.59 Å². The first-order valence-corrected chi connectivity index (χ1v) is 10.9. The fourth-order valence-electron chi connectivity index (χ4n) is 3.96. The molecule has 1 aliphatic rings. The summed E-state index contributed by atoms with van der Waals surface area (Å²) in [5, 5.41) is 11.0. The lowest BCUT2D eigenvalue weighted by Gasteiger charge is -2.30. The van der Waals surface area contributed by atoms with Gasteiger partial charge < -0.3 is 24.1 Å². The largest absolute Gasteiger partial charge is 0.544 e. The monoisotopic (exact) mass is 475 g/mol. The maximum Gasteiger partial charge on any atom is 0.514 e. The van der Waals surface area contributed by atoms with Gasteiger partial charge in [-0.3, -0.25) is 0 Å². The molecular weight excluding hydrogens is 450 g/mol. The molecule has 0 aliphatic heterocycles. The van der Waals surface area contributed by atoms with Crippen molar-refractivity contribution in [2.75, 3.05) is 0 Å². The van der Waals surface area contributed by atoms with Gasteiger partial charge in [0.15, 0.2) is 6.10 Å². The van der Waals surface area contributed by atoms with Crippen LogP contribution in [-0.2, 0) is 14.3 Å². The van der Waals surface area contributed by atoms with Crippen molar-refractivity contribution in [1.29, 1.82) is 0 Å². The Bertz CT molecular complexity index is 1010.